The quantitative estimate of drug-likeness (QED) is 0.394. The number of hydrogen-bond acceptors (Lipinski definition) is 2. The van der Waals surface area contributed by atoms with Gasteiger partial charge in [-0.25, -0.2) is 0 Å². The molecule has 0 aliphatic carbocycles. The predicted octanol–water partition coefficient (Wildman–Crippen LogP) is 0.497. The fourth-order valence-electron chi connectivity index (χ4n) is 1.45. The Bertz CT molecular complexity index is 116. The van der Waals surface area contributed by atoms with Gasteiger partial charge in [-0.15, -0.1) is 0 Å². The third-order valence-electron chi connectivity index (χ3n) is 2.14. The van der Waals surface area contributed by atoms with E-state index in [0.717, 1.165) is 12.5 Å². The molecule has 3 heteroatoms. The molecule has 0 saturated carbocycles. The molecule has 52 valence electrons. The van der Waals surface area contributed by atoms with Crippen molar-refractivity contribution in [2.45, 2.75) is 12.5 Å². The van der Waals surface area contributed by atoms with E-state index in [1.165, 1.54) is 19.5 Å². The molecule has 2 rings (SSSR count). The molecule has 2 unspecified atom stereocenters. The van der Waals surface area contributed by atoms with E-state index in [9.17, 15) is 0 Å². The minimum atomic E-state index is 0.621. The van der Waals surface area contributed by atoms with E-state index in [0.29, 0.717) is 6.10 Å². The summed E-state index contributed by atoms with van der Waals surface area (Å²) in [6, 6.07) is 0. The summed E-state index contributed by atoms with van der Waals surface area (Å²) in [5, 5.41) is 0. The standard InChI is InChI=1S/C6H12NOP/c9-7-2-1-5(3-7)6-4-8-6/h5-6H,1-4,9H2/t5-,6?/m0/s1. The molecule has 2 aliphatic heterocycles. The summed E-state index contributed by atoms with van der Waals surface area (Å²) in [5.74, 6) is 0.836. The molecule has 2 saturated heterocycles. The maximum Gasteiger partial charge on any atom is 0.0850 e. The van der Waals surface area contributed by atoms with E-state index in [1.54, 1.807) is 0 Å². The molecular formula is C6H12NOP. The molecule has 0 aromatic carbocycles. The predicted molar refractivity (Wildman–Crippen MR) is 39.1 cm³/mol. The van der Waals surface area contributed by atoms with E-state index in [1.807, 2.05) is 0 Å². The molecule has 2 fully saturated rings. The fraction of sp³-hybridized carbons (Fsp3) is 1.00. The molecule has 2 aliphatic rings. The van der Waals surface area contributed by atoms with E-state index in [-0.39, 0.29) is 0 Å². The van der Waals surface area contributed by atoms with Crippen LogP contribution in [0.2, 0.25) is 0 Å². The van der Waals surface area contributed by atoms with Crippen molar-refractivity contribution >= 4 is 9.39 Å². The Balaban J connectivity index is 1.86. The van der Waals surface area contributed by atoms with Gasteiger partial charge >= 0.3 is 0 Å². The number of rotatable bonds is 1. The van der Waals surface area contributed by atoms with Crippen LogP contribution < -0.4 is 0 Å². The first-order chi connectivity index (χ1) is 4.36. The van der Waals surface area contributed by atoms with Crippen LogP contribution in [0.15, 0.2) is 0 Å². The minimum Gasteiger partial charge on any atom is -0.373 e. The molecule has 0 amide bonds. The fourth-order valence-corrected chi connectivity index (χ4v) is 1.87. The van der Waals surface area contributed by atoms with Crippen molar-refractivity contribution in [2.75, 3.05) is 19.7 Å². The third-order valence-corrected chi connectivity index (χ3v) is 2.61. The zero-order valence-corrected chi connectivity index (χ0v) is 6.57. The average molecular weight is 145 g/mol. The monoisotopic (exact) mass is 145 g/mol. The molecule has 9 heavy (non-hydrogen) atoms. The Hall–Kier alpha value is 0.350. The first-order valence-electron chi connectivity index (χ1n) is 3.47. The summed E-state index contributed by atoms with van der Waals surface area (Å²) in [7, 11) is 2.75. The van der Waals surface area contributed by atoms with E-state index >= 15 is 0 Å². The van der Waals surface area contributed by atoms with Crippen LogP contribution in [0.5, 0.6) is 0 Å². The van der Waals surface area contributed by atoms with Crippen LogP contribution in [0, 0.1) is 5.92 Å². The van der Waals surface area contributed by atoms with Crippen LogP contribution in [0.25, 0.3) is 0 Å². The topological polar surface area (TPSA) is 15.8 Å². The van der Waals surface area contributed by atoms with Crippen LogP contribution in [0.4, 0.5) is 0 Å². The van der Waals surface area contributed by atoms with Gasteiger partial charge in [-0.3, -0.25) is 4.67 Å². The van der Waals surface area contributed by atoms with Crippen LogP contribution in [0.1, 0.15) is 6.42 Å². The highest BCUT2D eigenvalue weighted by Crippen LogP contribution is 2.29. The van der Waals surface area contributed by atoms with Crippen molar-refractivity contribution in [1.82, 2.24) is 4.67 Å². The van der Waals surface area contributed by atoms with Gasteiger partial charge in [0.2, 0.25) is 0 Å². The van der Waals surface area contributed by atoms with Gasteiger partial charge in [0.1, 0.15) is 0 Å². The van der Waals surface area contributed by atoms with Crippen LogP contribution in [-0.2, 0) is 4.74 Å². The Labute approximate surface area is 57.8 Å². The Morgan fingerprint density at radius 3 is 2.78 bits per heavy atom. The minimum absolute atomic E-state index is 0.621. The lowest BCUT2D eigenvalue weighted by molar-refractivity contribution is 0.335. The SMILES string of the molecule is PN1CC[C@H](C2CO2)C1. The van der Waals surface area contributed by atoms with Crippen molar-refractivity contribution in [3.63, 3.8) is 0 Å². The highest BCUT2D eigenvalue weighted by atomic mass is 31.0. The highest BCUT2D eigenvalue weighted by molar-refractivity contribution is 7.13. The summed E-state index contributed by atoms with van der Waals surface area (Å²) in [6.07, 6.45) is 1.95. The molecule has 2 heterocycles. The van der Waals surface area contributed by atoms with E-state index < -0.39 is 0 Å². The van der Waals surface area contributed by atoms with E-state index in [2.05, 4.69) is 14.1 Å². The Morgan fingerprint density at radius 2 is 2.33 bits per heavy atom. The van der Waals surface area contributed by atoms with Gasteiger partial charge in [-0.1, -0.05) is 9.39 Å². The lowest BCUT2D eigenvalue weighted by atomic mass is 10.1. The van der Waals surface area contributed by atoms with Gasteiger partial charge < -0.3 is 4.74 Å². The normalized spacial score (nSPS) is 43.7. The zero-order chi connectivity index (χ0) is 6.27. The van der Waals surface area contributed by atoms with Crippen LogP contribution in [-0.4, -0.2) is 30.5 Å². The molecule has 3 atom stereocenters. The Morgan fingerprint density at radius 1 is 1.56 bits per heavy atom. The van der Waals surface area contributed by atoms with Crippen molar-refractivity contribution in [1.29, 1.82) is 0 Å². The second-order valence-corrected chi connectivity index (χ2v) is 3.65. The molecule has 2 nitrogen and oxygen atoms in total. The highest BCUT2D eigenvalue weighted by Gasteiger charge is 2.36. The summed E-state index contributed by atoms with van der Waals surface area (Å²) < 4.78 is 7.50. The maximum atomic E-state index is 5.20. The second kappa shape index (κ2) is 2.19. The summed E-state index contributed by atoms with van der Waals surface area (Å²) >= 11 is 0. The van der Waals surface area contributed by atoms with Crippen LogP contribution in [0.3, 0.4) is 0 Å². The lowest BCUT2D eigenvalue weighted by Gasteiger charge is -2.05. The molecule has 0 spiro atoms. The van der Waals surface area contributed by atoms with Gasteiger partial charge in [0.25, 0.3) is 0 Å². The smallest absolute Gasteiger partial charge is 0.0850 e. The molecular weight excluding hydrogens is 133 g/mol. The number of nitrogens with zero attached hydrogens (tertiary/aromatic N) is 1. The maximum absolute atomic E-state index is 5.20. The molecule has 0 bridgehead atoms. The van der Waals surface area contributed by atoms with Crippen molar-refractivity contribution in [3.05, 3.63) is 0 Å². The van der Waals surface area contributed by atoms with Gasteiger partial charge in [0.05, 0.1) is 12.7 Å². The lowest BCUT2D eigenvalue weighted by Crippen LogP contribution is -2.11. The first kappa shape index (κ1) is 6.09. The molecule has 0 aromatic heterocycles. The Kier molecular flexibility index (Phi) is 1.48. The van der Waals surface area contributed by atoms with Gasteiger partial charge in [0.15, 0.2) is 0 Å². The summed E-state index contributed by atoms with van der Waals surface area (Å²) in [6.45, 7) is 3.47. The van der Waals surface area contributed by atoms with E-state index in [4.69, 9.17) is 4.74 Å². The zero-order valence-electron chi connectivity index (χ0n) is 5.42. The van der Waals surface area contributed by atoms with Gasteiger partial charge in [-0.2, -0.15) is 0 Å². The molecule has 0 N–H and O–H groups in total. The average Bonchev–Trinajstić information content (AvgIpc) is 2.58. The van der Waals surface area contributed by atoms with Gasteiger partial charge in [-0.05, 0) is 6.42 Å². The molecule has 0 aromatic rings. The summed E-state index contributed by atoms with van der Waals surface area (Å²) in [5.41, 5.74) is 0. The second-order valence-electron chi connectivity index (χ2n) is 2.92. The largest absolute Gasteiger partial charge is 0.373 e. The van der Waals surface area contributed by atoms with Crippen molar-refractivity contribution < 1.29 is 4.74 Å². The number of epoxide rings is 1. The molecule has 0 radical (unpaired) electrons. The number of ether oxygens (including phenoxy) is 1. The van der Waals surface area contributed by atoms with Crippen molar-refractivity contribution in [3.8, 4) is 0 Å². The van der Waals surface area contributed by atoms with Gasteiger partial charge in [0, 0.05) is 19.0 Å². The summed E-state index contributed by atoms with van der Waals surface area (Å²) in [4.78, 5) is 0. The number of hydrogen-bond donors (Lipinski definition) is 0. The third kappa shape index (κ3) is 1.26. The van der Waals surface area contributed by atoms with Crippen molar-refractivity contribution in [2.24, 2.45) is 5.92 Å². The van der Waals surface area contributed by atoms with Crippen LogP contribution >= 0.6 is 9.39 Å². The first-order valence-corrected chi connectivity index (χ1v) is 3.99.